The van der Waals surface area contributed by atoms with Crippen molar-refractivity contribution >= 4 is 11.9 Å². The van der Waals surface area contributed by atoms with Crippen LogP contribution in [0.5, 0.6) is 5.75 Å². The van der Waals surface area contributed by atoms with E-state index in [1.807, 2.05) is 30.5 Å². The Morgan fingerprint density at radius 1 is 0.935 bits per heavy atom. The third kappa shape index (κ3) is 4.42. The van der Waals surface area contributed by atoms with Crippen molar-refractivity contribution in [1.82, 2.24) is 14.7 Å². The molecule has 4 heterocycles. The van der Waals surface area contributed by atoms with Gasteiger partial charge in [0.1, 0.15) is 5.75 Å². The summed E-state index contributed by atoms with van der Waals surface area (Å²) in [6.07, 6.45) is 4.07. The van der Waals surface area contributed by atoms with Gasteiger partial charge in [0.25, 0.3) is 0 Å². The Balaban J connectivity index is 1.38. The van der Waals surface area contributed by atoms with Crippen molar-refractivity contribution in [2.24, 2.45) is 15.6 Å². The van der Waals surface area contributed by atoms with Crippen LogP contribution < -0.4 is 4.74 Å². The Bertz CT molecular complexity index is 903. The van der Waals surface area contributed by atoms with E-state index >= 15 is 0 Å². The van der Waals surface area contributed by atoms with E-state index in [4.69, 9.17) is 9.84 Å². The van der Waals surface area contributed by atoms with E-state index in [2.05, 4.69) is 57.1 Å². The molecular weight excluding hydrogens is 386 g/mol. The van der Waals surface area contributed by atoms with Crippen LogP contribution in [0.25, 0.3) is 0 Å². The second kappa shape index (κ2) is 8.91. The highest BCUT2D eigenvalue weighted by Gasteiger charge is 2.51. The summed E-state index contributed by atoms with van der Waals surface area (Å²) in [7, 11) is 0. The summed E-state index contributed by atoms with van der Waals surface area (Å²) in [5.74, 6) is 0.907. The maximum atomic E-state index is 5.75. The SMILES string of the molecule is CCCCOc1ccc(/C=N/N=C(/c2ccccc2)C23CN4CN(CN(C4)C2)C3)cc1. The maximum Gasteiger partial charge on any atom is 0.119 e. The van der Waals surface area contributed by atoms with Gasteiger partial charge >= 0.3 is 0 Å². The van der Waals surface area contributed by atoms with Crippen LogP contribution in [0.3, 0.4) is 0 Å². The van der Waals surface area contributed by atoms with Crippen molar-refractivity contribution in [2.75, 3.05) is 46.2 Å². The molecule has 162 valence electrons. The van der Waals surface area contributed by atoms with Crippen LogP contribution in [0, 0.1) is 5.41 Å². The van der Waals surface area contributed by atoms with Gasteiger partial charge in [0.2, 0.25) is 0 Å². The van der Waals surface area contributed by atoms with Crippen LogP contribution in [-0.4, -0.2) is 72.9 Å². The average Bonchev–Trinajstić information content (AvgIpc) is 2.77. The van der Waals surface area contributed by atoms with E-state index in [1.165, 1.54) is 5.56 Å². The first-order valence-electron chi connectivity index (χ1n) is 11.3. The zero-order chi connectivity index (χ0) is 21.1. The van der Waals surface area contributed by atoms with Gasteiger partial charge in [-0.2, -0.15) is 10.2 Å². The fourth-order valence-electron chi connectivity index (χ4n) is 5.15. The van der Waals surface area contributed by atoms with Crippen molar-refractivity contribution < 1.29 is 4.74 Å². The van der Waals surface area contributed by atoms with Crippen molar-refractivity contribution in [3.8, 4) is 5.75 Å². The molecule has 0 N–H and O–H groups in total. The van der Waals surface area contributed by atoms with Gasteiger partial charge in [0.05, 0.1) is 44.0 Å². The molecule has 4 bridgehead atoms. The van der Waals surface area contributed by atoms with Crippen LogP contribution in [0.4, 0.5) is 0 Å². The van der Waals surface area contributed by atoms with Crippen LogP contribution in [0.15, 0.2) is 64.8 Å². The first-order chi connectivity index (χ1) is 15.2. The lowest BCUT2D eigenvalue weighted by atomic mass is 9.74. The quantitative estimate of drug-likeness (QED) is 0.375. The molecule has 6 nitrogen and oxygen atoms in total. The first kappa shape index (κ1) is 20.4. The van der Waals surface area contributed by atoms with Crippen molar-refractivity contribution in [2.45, 2.75) is 19.8 Å². The van der Waals surface area contributed by atoms with Gasteiger partial charge in [-0.1, -0.05) is 43.7 Å². The van der Waals surface area contributed by atoms with E-state index < -0.39 is 0 Å². The number of benzene rings is 2. The average molecular weight is 418 g/mol. The monoisotopic (exact) mass is 417 g/mol. The molecule has 2 aromatic carbocycles. The third-order valence-corrected chi connectivity index (χ3v) is 6.34. The minimum absolute atomic E-state index is 0.00438. The molecule has 31 heavy (non-hydrogen) atoms. The highest BCUT2D eigenvalue weighted by molar-refractivity contribution is 6.05. The van der Waals surface area contributed by atoms with Crippen LogP contribution >= 0.6 is 0 Å². The number of ether oxygens (including phenoxy) is 1. The fourth-order valence-corrected chi connectivity index (χ4v) is 5.15. The Hall–Kier alpha value is -2.54. The van der Waals surface area contributed by atoms with Crippen LogP contribution in [-0.2, 0) is 0 Å². The Kier molecular flexibility index (Phi) is 5.85. The number of hydrogen-bond acceptors (Lipinski definition) is 6. The molecule has 2 aromatic rings. The third-order valence-electron chi connectivity index (χ3n) is 6.34. The fraction of sp³-hybridized carbons (Fsp3) is 0.440. The summed E-state index contributed by atoms with van der Waals surface area (Å²) in [5, 5.41) is 9.38. The number of nitrogens with zero attached hydrogens (tertiary/aromatic N) is 5. The molecule has 0 amide bonds. The summed E-state index contributed by atoms with van der Waals surface area (Å²) >= 11 is 0. The highest BCUT2D eigenvalue weighted by atomic mass is 16.5. The van der Waals surface area contributed by atoms with E-state index in [1.54, 1.807) is 0 Å². The molecule has 4 saturated heterocycles. The Morgan fingerprint density at radius 2 is 1.58 bits per heavy atom. The molecule has 0 spiro atoms. The van der Waals surface area contributed by atoms with Gasteiger partial charge in [-0.25, -0.2) is 0 Å². The molecule has 0 unspecified atom stereocenters. The van der Waals surface area contributed by atoms with E-state index in [0.717, 1.165) is 76.1 Å². The van der Waals surface area contributed by atoms with Crippen molar-refractivity contribution in [3.05, 3.63) is 65.7 Å². The lowest BCUT2D eigenvalue weighted by Gasteiger charge is -2.60. The molecule has 0 aromatic heterocycles. The van der Waals surface area contributed by atoms with Crippen LogP contribution in [0.1, 0.15) is 30.9 Å². The van der Waals surface area contributed by atoms with Gasteiger partial charge in [-0.15, -0.1) is 0 Å². The summed E-state index contributed by atoms with van der Waals surface area (Å²) in [6.45, 7) is 9.28. The first-order valence-corrected chi connectivity index (χ1v) is 11.3. The van der Waals surface area contributed by atoms with Crippen molar-refractivity contribution in [1.29, 1.82) is 0 Å². The van der Waals surface area contributed by atoms with Crippen LogP contribution in [0.2, 0.25) is 0 Å². The largest absolute Gasteiger partial charge is 0.494 e. The predicted octanol–water partition coefficient (Wildman–Crippen LogP) is 3.49. The number of hydrogen-bond donors (Lipinski definition) is 0. The standard InChI is InChI=1S/C25H31N5O/c1-2-3-13-31-23-11-9-21(10-12-23)14-26-27-24(22-7-5-4-6-8-22)25-15-28-18-29(16-25)20-30(17-25)19-28/h4-12,14H,2-3,13,15-20H2,1H3/b26-14+,27-24-. The molecule has 0 saturated carbocycles. The number of rotatable bonds is 8. The molecule has 0 radical (unpaired) electrons. The van der Waals surface area contributed by atoms with E-state index in [9.17, 15) is 0 Å². The number of unbranched alkanes of at least 4 members (excludes halogenated alkanes) is 1. The van der Waals surface area contributed by atoms with E-state index in [-0.39, 0.29) is 5.41 Å². The summed E-state index contributed by atoms with van der Waals surface area (Å²) in [5.41, 5.74) is 3.30. The van der Waals surface area contributed by atoms with Gasteiger partial charge in [-0.3, -0.25) is 14.7 Å². The maximum absolute atomic E-state index is 5.75. The molecule has 0 aliphatic carbocycles. The zero-order valence-electron chi connectivity index (χ0n) is 18.3. The highest BCUT2D eigenvalue weighted by Crippen LogP contribution is 2.38. The van der Waals surface area contributed by atoms with E-state index in [0.29, 0.717) is 0 Å². The molecule has 0 atom stereocenters. The Morgan fingerprint density at radius 3 is 2.19 bits per heavy atom. The lowest BCUT2D eigenvalue weighted by Crippen LogP contribution is -2.74. The normalized spacial score (nSPS) is 29.6. The van der Waals surface area contributed by atoms with Gasteiger partial charge in [0, 0.05) is 19.6 Å². The molecule has 6 heteroatoms. The smallest absolute Gasteiger partial charge is 0.119 e. The predicted molar refractivity (Wildman–Crippen MR) is 125 cm³/mol. The van der Waals surface area contributed by atoms with Gasteiger partial charge in [0.15, 0.2) is 0 Å². The minimum Gasteiger partial charge on any atom is -0.494 e. The van der Waals surface area contributed by atoms with Crippen molar-refractivity contribution in [3.63, 3.8) is 0 Å². The van der Waals surface area contributed by atoms with Gasteiger partial charge in [-0.05, 0) is 41.8 Å². The second-order valence-corrected chi connectivity index (χ2v) is 9.02. The summed E-state index contributed by atoms with van der Waals surface area (Å²) < 4.78 is 5.75. The summed E-state index contributed by atoms with van der Waals surface area (Å²) in [6, 6.07) is 18.7. The van der Waals surface area contributed by atoms with Gasteiger partial charge < -0.3 is 4.74 Å². The lowest BCUT2D eigenvalue weighted by molar-refractivity contribution is -0.149. The topological polar surface area (TPSA) is 43.7 Å². The molecule has 6 rings (SSSR count). The molecule has 4 aliphatic rings. The molecule has 4 aliphatic heterocycles. The molecule has 4 fully saturated rings. The second-order valence-electron chi connectivity index (χ2n) is 9.02. The Labute approximate surface area is 184 Å². The summed E-state index contributed by atoms with van der Waals surface area (Å²) in [4.78, 5) is 7.57. The minimum atomic E-state index is 0.00438. The zero-order valence-corrected chi connectivity index (χ0v) is 18.3. The molecular formula is C25H31N5O.